The van der Waals surface area contributed by atoms with E-state index in [4.69, 9.17) is 4.74 Å². The Balaban J connectivity index is 1.95. The molecule has 1 N–H and O–H groups in total. The van der Waals surface area contributed by atoms with Crippen LogP contribution < -0.4 is 10.1 Å². The normalized spacial score (nSPS) is 15.8. The molecule has 1 aromatic rings. The van der Waals surface area contributed by atoms with Crippen LogP contribution in [0.15, 0.2) is 18.2 Å². The molecule has 1 heterocycles. The van der Waals surface area contributed by atoms with Crippen molar-refractivity contribution in [1.82, 2.24) is 5.32 Å². The van der Waals surface area contributed by atoms with Crippen molar-refractivity contribution >= 4 is 0 Å². The molecule has 1 aliphatic heterocycles. The maximum Gasteiger partial charge on any atom is 0.122 e. The molecule has 2 rings (SSSR count). The Kier molecular flexibility index (Phi) is 4.06. The highest BCUT2D eigenvalue weighted by atomic mass is 16.5. The van der Waals surface area contributed by atoms with Gasteiger partial charge < -0.3 is 10.1 Å². The minimum absolute atomic E-state index is 0.611. The van der Waals surface area contributed by atoms with Crippen molar-refractivity contribution in [3.8, 4) is 5.75 Å². The summed E-state index contributed by atoms with van der Waals surface area (Å²) >= 11 is 0. The van der Waals surface area contributed by atoms with Gasteiger partial charge in [-0.1, -0.05) is 26.0 Å². The standard InChI is InChI=1S/C15H23NO/c1-11(2)14(16-3)6-4-12-5-7-15-13(10-12)8-9-17-15/h5,7,10-11,14,16H,4,6,8-9H2,1-3H3. The molecule has 1 aromatic carbocycles. The van der Waals surface area contributed by atoms with Crippen LogP contribution in [0.4, 0.5) is 0 Å². The van der Waals surface area contributed by atoms with E-state index in [1.165, 1.54) is 17.5 Å². The zero-order valence-corrected chi connectivity index (χ0v) is 11.1. The Morgan fingerprint density at radius 1 is 1.35 bits per heavy atom. The van der Waals surface area contributed by atoms with Crippen molar-refractivity contribution < 1.29 is 4.74 Å². The van der Waals surface area contributed by atoms with Crippen LogP contribution in [0.2, 0.25) is 0 Å². The van der Waals surface area contributed by atoms with E-state index < -0.39 is 0 Å². The third-order valence-electron chi connectivity index (χ3n) is 3.67. The highest BCUT2D eigenvalue weighted by Gasteiger charge is 2.14. The van der Waals surface area contributed by atoms with Gasteiger partial charge in [-0.25, -0.2) is 0 Å². The van der Waals surface area contributed by atoms with Crippen molar-refractivity contribution in [3.05, 3.63) is 29.3 Å². The van der Waals surface area contributed by atoms with Gasteiger partial charge in [-0.2, -0.15) is 0 Å². The minimum atomic E-state index is 0.611. The number of benzene rings is 1. The molecule has 0 amide bonds. The Morgan fingerprint density at radius 2 is 2.18 bits per heavy atom. The Hall–Kier alpha value is -1.02. The molecule has 0 aromatic heterocycles. The van der Waals surface area contributed by atoms with E-state index in [9.17, 15) is 0 Å². The molecule has 0 bridgehead atoms. The summed E-state index contributed by atoms with van der Waals surface area (Å²) in [6.07, 6.45) is 3.42. The second kappa shape index (κ2) is 5.54. The van der Waals surface area contributed by atoms with Crippen LogP contribution in [0, 0.1) is 5.92 Å². The van der Waals surface area contributed by atoms with E-state index in [1.54, 1.807) is 0 Å². The lowest BCUT2D eigenvalue weighted by atomic mass is 9.96. The van der Waals surface area contributed by atoms with Gasteiger partial charge in [0, 0.05) is 12.5 Å². The molecule has 0 saturated heterocycles. The summed E-state index contributed by atoms with van der Waals surface area (Å²) in [5, 5.41) is 3.40. The smallest absolute Gasteiger partial charge is 0.122 e. The number of nitrogens with one attached hydrogen (secondary N) is 1. The predicted octanol–water partition coefficient (Wildman–Crippen LogP) is 2.80. The number of hydrogen-bond acceptors (Lipinski definition) is 2. The number of aryl methyl sites for hydroxylation is 1. The van der Waals surface area contributed by atoms with Crippen molar-refractivity contribution in [3.63, 3.8) is 0 Å². The summed E-state index contributed by atoms with van der Waals surface area (Å²) in [6.45, 7) is 5.40. The molecule has 0 fully saturated rings. The van der Waals surface area contributed by atoms with Gasteiger partial charge in [-0.3, -0.25) is 0 Å². The van der Waals surface area contributed by atoms with E-state index in [0.717, 1.165) is 25.2 Å². The minimum Gasteiger partial charge on any atom is -0.493 e. The molecule has 94 valence electrons. The van der Waals surface area contributed by atoms with Crippen molar-refractivity contribution in [2.75, 3.05) is 13.7 Å². The van der Waals surface area contributed by atoms with Crippen LogP contribution in [-0.4, -0.2) is 19.7 Å². The maximum absolute atomic E-state index is 5.53. The van der Waals surface area contributed by atoms with Gasteiger partial charge >= 0.3 is 0 Å². The SMILES string of the molecule is CNC(CCc1ccc2c(c1)CCO2)C(C)C. The second-order valence-corrected chi connectivity index (χ2v) is 5.22. The van der Waals surface area contributed by atoms with Gasteiger partial charge in [0.2, 0.25) is 0 Å². The van der Waals surface area contributed by atoms with Gasteiger partial charge in [0.25, 0.3) is 0 Å². The first-order valence-electron chi connectivity index (χ1n) is 6.62. The number of fused-ring (bicyclic) bond motifs is 1. The molecule has 0 radical (unpaired) electrons. The lowest BCUT2D eigenvalue weighted by Crippen LogP contribution is -2.30. The monoisotopic (exact) mass is 233 g/mol. The van der Waals surface area contributed by atoms with Crippen molar-refractivity contribution in [2.24, 2.45) is 5.92 Å². The Morgan fingerprint density at radius 3 is 2.88 bits per heavy atom. The molecule has 2 heteroatoms. The lowest BCUT2D eigenvalue weighted by Gasteiger charge is -2.20. The first kappa shape index (κ1) is 12.4. The highest BCUT2D eigenvalue weighted by molar-refractivity contribution is 5.39. The third-order valence-corrected chi connectivity index (χ3v) is 3.67. The fourth-order valence-corrected chi connectivity index (χ4v) is 2.53. The summed E-state index contributed by atoms with van der Waals surface area (Å²) in [4.78, 5) is 0. The van der Waals surface area contributed by atoms with Crippen LogP contribution >= 0.6 is 0 Å². The molecular weight excluding hydrogens is 210 g/mol. The number of ether oxygens (including phenoxy) is 1. The molecule has 0 spiro atoms. The molecule has 0 saturated carbocycles. The molecular formula is C15H23NO. The van der Waals surface area contributed by atoms with Gasteiger partial charge in [0.1, 0.15) is 5.75 Å². The Labute approximate surface area is 104 Å². The second-order valence-electron chi connectivity index (χ2n) is 5.22. The summed E-state index contributed by atoms with van der Waals surface area (Å²) in [7, 11) is 2.06. The summed E-state index contributed by atoms with van der Waals surface area (Å²) in [6, 6.07) is 7.26. The Bertz CT molecular complexity index is 373. The highest BCUT2D eigenvalue weighted by Crippen LogP contribution is 2.26. The van der Waals surface area contributed by atoms with Crippen molar-refractivity contribution in [1.29, 1.82) is 0 Å². The summed E-state index contributed by atoms with van der Waals surface area (Å²) < 4.78 is 5.53. The molecule has 0 aliphatic carbocycles. The molecule has 1 unspecified atom stereocenters. The first-order valence-corrected chi connectivity index (χ1v) is 6.62. The van der Waals surface area contributed by atoms with Crippen LogP contribution in [0.25, 0.3) is 0 Å². The van der Waals surface area contributed by atoms with Crippen LogP contribution in [0.5, 0.6) is 5.75 Å². The van der Waals surface area contributed by atoms with E-state index in [-0.39, 0.29) is 0 Å². The largest absolute Gasteiger partial charge is 0.493 e. The summed E-state index contributed by atoms with van der Waals surface area (Å²) in [5.41, 5.74) is 2.82. The fraction of sp³-hybridized carbons (Fsp3) is 0.600. The number of rotatable bonds is 5. The zero-order valence-electron chi connectivity index (χ0n) is 11.1. The fourth-order valence-electron chi connectivity index (χ4n) is 2.53. The van der Waals surface area contributed by atoms with Gasteiger partial charge in [0.05, 0.1) is 6.61 Å². The van der Waals surface area contributed by atoms with E-state index in [1.807, 2.05) is 0 Å². The van der Waals surface area contributed by atoms with E-state index in [0.29, 0.717) is 12.0 Å². The number of hydrogen-bond donors (Lipinski definition) is 1. The molecule has 2 nitrogen and oxygen atoms in total. The van der Waals surface area contributed by atoms with Crippen molar-refractivity contribution in [2.45, 2.75) is 39.2 Å². The van der Waals surface area contributed by atoms with Crippen LogP contribution in [0.1, 0.15) is 31.4 Å². The molecule has 17 heavy (non-hydrogen) atoms. The summed E-state index contributed by atoms with van der Waals surface area (Å²) in [5.74, 6) is 1.78. The quantitative estimate of drug-likeness (QED) is 0.844. The molecule has 1 aliphatic rings. The van der Waals surface area contributed by atoms with Crippen LogP contribution in [0.3, 0.4) is 0 Å². The van der Waals surface area contributed by atoms with Gasteiger partial charge in [-0.15, -0.1) is 0 Å². The topological polar surface area (TPSA) is 21.3 Å². The first-order chi connectivity index (χ1) is 8.20. The average Bonchev–Trinajstić information content (AvgIpc) is 2.76. The van der Waals surface area contributed by atoms with E-state index >= 15 is 0 Å². The van der Waals surface area contributed by atoms with Gasteiger partial charge in [-0.05, 0) is 43.0 Å². The average molecular weight is 233 g/mol. The lowest BCUT2D eigenvalue weighted by molar-refractivity contribution is 0.356. The maximum atomic E-state index is 5.53. The van der Waals surface area contributed by atoms with Gasteiger partial charge in [0.15, 0.2) is 0 Å². The third kappa shape index (κ3) is 3.01. The predicted molar refractivity (Wildman–Crippen MR) is 71.6 cm³/mol. The van der Waals surface area contributed by atoms with Crippen LogP contribution in [-0.2, 0) is 12.8 Å². The van der Waals surface area contributed by atoms with E-state index in [2.05, 4.69) is 44.4 Å². The molecule has 1 atom stereocenters. The zero-order chi connectivity index (χ0) is 12.3.